The molecule has 2 aromatic rings. The summed E-state index contributed by atoms with van der Waals surface area (Å²) in [6.07, 6.45) is -0.130. The quantitative estimate of drug-likeness (QED) is 0.672. The molecule has 0 aromatic heterocycles. The first-order valence-electron chi connectivity index (χ1n) is 8.17. The van der Waals surface area contributed by atoms with Gasteiger partial charge in [0.25, 0.3) is 5.91 Å². The van der Waals surface area contributed by atoms with Crippen molar-refractivity contribution in [1.82, 2.24) is 5.32 Å². The maximum Gasteiger partial charge on any atom is 0.255 e. The van der Waals surface area contributed by atoms with Gasteiger partial charge in [-0.25, -0.2) is 4.39 Å². The fourth-order valence-corrected chi connectivity index (χ4v) is 2.33. The number of nitrogens with one attached hydrogen (secondary N) is 2. The van der Waals surface area contributed by atoms with Crippen LogP contribution < -0.4 is 16.4 Å². The number of methoxy groups -OCH3 is 1. The number of benzene rings is 2. The first-order valence-corrected chi connectivity index (χ1v) is 8.17. The monoisotopic (exact) mass is 359 g/mol. The molecule has 1 atom stereocenters. The number of rotatable bonds is 8. The van der Waals surface area contributed by atoms with Gasteiger partial charge in [-0.05, 0) is 35.9 Å². The number of amides is 2. The predicted octanol–water partition coefficient (Wildman–Crippen LogP) is 2.06. The fraction of sp³-hybridized carbons (Fsp3) is 0.263. The van der Waals surface area contributed by atoms with Crippen molar-refractivity contribution in [3.05, 3.63) is 65.5 Å². The molecule has 2 aromatic carbocycles. The van der Waals surface area contributed by atoms with Crippen LogP contribution in [0.25, 0.3) is 0 Å². The largest absolute Gasteiger partial charge is 0.380 e. The van der Waals surface area contributed by atoms with Crippen molar-refractivity contribution in [3.8, 4) is 0 Å². The minimum Gasteiger partial charge on any atom is -0.380 e. The summed E-state index contributed by atoms with van der Waals surface area (Å²) in [5.74, 6) is -1.05. The second-order valence-electron chi connectivity index (χ2n) is 5.74. The highest BCUT2D eigenvalue weighted by atomic mass is 19.1. The molecule has 0 aliphatic rings. The third-order valence-corrected chi connectivity index (χ3v) is 3.77. The van der Waals surface area contributed by atoms with Gasteiger partial charge in [-0.15, -0.1) is 0 Å². The number of nitrogens with two attached hydrogens (primary N) is 1. The van der Waals surface area contributed by atoms with E-state index in [2.05, 4.69) is 10.6 Å². The summed E-state index contributed by atoms with van der Waals surface area (Å²) >= 11 is 0. The molecule has 0 aliphatic heterocycles. The molecule has 0 saturated carbocycles. The lowest BCUT2D eigenvalue weighted by Crippen LogP contribution is -2.31. The molecule has 0 saturated heterocycles. The van der Waals surface area contributed by atoms with E-state index < -0.39 is 11.7 Å². The van der Waals surface area contributed by atoms with E-state index in [-0.39, 0.29) is 30.5 Å². The van der Waals surface area contributed by atoms with Gasteiger partial charge in [0.1, 0.15) is 5.82 Å². The maximum absolute atomic E-state index is 13.2. The Kier molecular flexibility index (Phi) is 7.25. The van der Waals surface area contributed by atoms with Gasteiger partial charge in [-0.2, -0.15) is 0 Å². The summed E-state index contributed by atoms with van der Waals surface area (Å²) in [5, 5.41) is 5.49. The van der Waals surface area contributed by atoms with E-state index in [1.165, 1.54) is 31.4 Å². The van der Waals surface area contributed by atoms with Crippen LogP contribution in [-0.2, 0) is 16.1 Å². The smallest absolute Gasteiger partial charge is 0.255 e. The Bertz CT molecular complexity index is 763. The molecule has 0 bridgehead atoms. The zero-order valence-corrected chi connectivity index (χ0v) is 14.5. The van der Waals surface area contributed by atoms with Gasteiger partial charge in [0.15, 0.2) is 0 Å². The topological polar surface area (TPSA) is 93.4 Å². The first-order chi connectivity index (χ1) is 12.5. The molecule has 2 amide bonds. The van der Waals surface area contributed by atoms with Crippen LogP contribution >= 0.6 is 0 Å². The predicted molar refractivity (Wildman–Crippen MR) is 97.1 cm³/mol. The number of carbonyl (C=O) groups is 2. The summed E-state index contributed by atoms with van der Waals surface area (Å²) in [5.41, 5.74) is 7.10. The highest BCUT2D eigenvalue weighted by molar-refractivity contribution is 6.04. The summed E-state index contributed by atoms with van der Waals surface area (Å²) in [7, 11) is 1.51. The average molecular weight is 359 g/mol. The minimum absolute atomic E-state index is 0.170. The van der Waals surface area contributed by atoms with Crippen molar-refractivity contribution < 1.29 is 18.7 Å². The lowest BCUT2D eigenvalue weighted by Gasteiger charge is -2.13. The first kappa shape index (κ1) is 19.6. The zero-order valence-electron chi connectivity index (χ0n) is 14.5. The summed E-state index contributed by atoms with van der Waals surface area (Å²) in [6.45, 7) is 0.578. The molecular formula is C19H22FN3O3. The molecule has 0 fully saturated rings. The average Bonchev–Trinajstić information content (AvgIpc) is 2.64. The van der Waals surface area contributed by atoms with Crippen molar-refractivity contribution in [2.24, 2.45) is 5.73 Å². The number of hydrogen-bond acceptors (Lipinski definition) is 4. The van der Waals surface area contributed by atoms with Gasteiger partial charge in [0.05, 0.1) is 12.5 Å². The van der Waals surface area contributed by atoms with E-state index in [4.69, 9.17) is 10.5 Å². The van der Waals surface area contributed by atoms with Crippen LogP contribution in [0.1, 0.15) is 22.3 Å². The standard InChI is InChI=1S/C19H22FN3O3/c1-26-17(11-21)10-18(24)22-12-13-4-2-7-16(8-13)23-19(25)14-5-3-6-15(20)9-14/h2-9,17H,10-12,21H2,1H3,(H,22,24)(H,23,25). The van der Waals surface area contributed by atoms with Gasteiger partial charge in [-0.1, -0.05) is 18.2 Å². The Hall–Kier alpha value is -2.77. The van der Waals surface area contributed by atoms with Crippen LogP contribution in [-0.4, -0.2) is 31.6 Å². The van der Waals surface area contributed by atoms with Crippen LogP contribution in [0.4, 0.5) is 10.1 Å². The highest BCUT2D eigenvalue weighted by Gasteiger charge is 2.11. The second kappa shape index (κ2) is 9.65. The van der Waals surface area contributed by atoms with Crippen molar-refractivity contribution >= 4 is 17.5 Å². The molecule has 1 unspecified atom stereocenters. The van der Waals surface area contributed by atoms with Crippen LogP contribution in [0, 0.1) is 5.82 Å². The normalized spacial score (nSPS) is 11.7. The zero-order chi connectivity index (χ0) is 18.9. The molecule has 0 heterocycles. The molecule has 2 rings (SSSR count). The van der Waals surface area contributed by atoms with Crippen LogP contribution in [0.3, 0.4) is 0 Å². The molecule has 7 heteroatoms. The van der Waals surface area contributed by atoms with Gasteiger partial charge < -0.3 is 21.1 Å². The number of hydrogen-bond donors (Lipinski definition) is 3. The molecule has 6 nitrogen and oxygen atoms in total. The molecule has 138 valence electrons. The number of anilines is 1. The highest BCUT2D eigenvalue weighted by Crippen LogP contribution is 2.13. The second-order valence-corrected chi connectivity index (χ2v) is 5.74. The van der Waals surface area contributed by atoms with Crippen molar-refractivity contribution in [3.63, 3.8) is 0 Å². The minimum atomic E-state index is -0.471. The van der Waals surface area contributed by atoms with Crippen LogP contribution in [0.15, 0.2) is 48.5 Å². The Morgan fingerprint density at radius 1 is 1.19 bits per heavy atom. The maximum atomic E-state index is 13.2. The molecule has 4 N–H and O–H groups in total. The number of ether oxygens (including phenoxy) is 1. The lowest BCUT2D eigenvalue weighted by molar-refractivity contribution is -0.123. The summed E-state index contributed by atoms with van der Waals surface area (Å²) < 4.78 is 18.3. The Morgan fingerprint density at radius 2 is 1.96 bits per heavy atom. The molecule has 0 aliphatic carbocycles. The van der Waals surface area contributed by atoms with Crippen molar-refractivity contribution in [1.29, 1.82) is 0 Å². The molecular weight excluding hydrogens is 337 g/mol. The van der Waals surface area contributed by atoms with E-state index >= 15 is 0 Å². The van der Waals surface area contributed by atoms with Crippen molar-refractivity contribution in [2.75, 3.05) is 19.0 Å². The van der Waals surface area contributed by atoms with E-state index in [1.54, 1.807) is 18.2 Å². The molecule has 26 heavy (non-hydrogen) atoms. The van der Waals surface area contributed by atoms with E-state index in [9.17, 15) is 14.0 Å². The SMILES string of the molecule is COC(CN)CC(=O)NCc1cccc(NC(=O)c2cccc(F)c2)c1. The van der Waals surface area contributed by atoms with E-state index in [1.807, 2.05) is 6.07 Å². The van der Waals surface area contributed by atoms with Gasteiger partial charge in [-0.3, -0.25) is 9.59 Å². The Balaban J connectivity index is 1.93. The Labute approximate surface area is 151 Å². The van der Waals surface area contributed by atoms with Gasteiger partial charge in [0, 0.05) is 31.5 Å². The summed E-state index contributed by atoms with van der Waals surface area (Å²) in [4.78, 5) is 24.0. The van der Waals surface area contributed by atoms with Crippen molar-refractivity contribution in [2.45, 2.75) is 19.1 Å². The lowest BCUT2D eigenvalue weighted by atomic mass is 10.1. The van der Waals surface area contributed by atoms with Crippen LogP contribution in [0.5, 0.6) is 0 Å². The van der Waals surface area contributed by atoms with Crippen LogP contribution in [0.2, 0.25) is 0 Å². The fourth-order valence-electron chi connectivity index (χ4n) is 2.33. The third kappa shape index (κ3) is 5.94. The summed E-state index contributed by atoms with van der Waals surface area (Å²) in [6, 6.07) is 12.5. The third-order valence-electron chi connectivity index (χ3n) is 3.77. The molecule has 0 spiro atoms. The van der Waals surface area contributed by atoms with E-state index in [0.717, 1.165) is 5.56 Å². The number of carbonyl (C=O) groups excluding carboxylic acids is 2. The van der Waals surface area contributed by atoms with Gasteiger partial charge in [0.2, 0.25) is 5.91 Å². The molecule has 0 radical (unpaired) electrons. The number of halogens is 1. The van der Waals surface area contributed by atoms with Gasteiger partial charge >= 0.3 is 0 Å². The van der Waals surface area contributed by atoms with E-state index in [0.29, 0.717) is 12.2 Å². The Morgan fingerprint density at radius 3 is 2.65 bits per heavy atom.